The van der Waals surface area contributed by atoms with Crippen LogP contribution in [-0.4, -0.2) is 34.0 Å². The highest BCUT2D eigenvalue weighted by atomic mass is 32.1. The number of hydrogen-bond acceptors (Lipinski definition) is 6. The molecule has 0 unspecified atom stereocenters. The highest BCUT2D eigenvalue weighted by molar-refractivity contribution is 7.18. The summed E-state index contributed by atoms with van der Waals surface area (Å²) < 4.78 is 0. The zero-order chi connectivity index (χ0) is 18.2. The van der Waals surface area contributed by atoms with E-state index in [1.54, 1.807) is 6.33 Å². The summed E-state index contributed by atoms with van der Waals surface area (Å²) in [4.78, 5) is 14.4. The van der Waals surface area contributed by atoms with E-state index in [4.69, 9.17) is 0 Å². The van der Waals surface area contributed by atoms with Crippen molar-refractivity contribution in [3.05, 3.63) is 52.7 Å². The first kappa shape index (κ1) is 17.1. The second kappa shape index (κ2) is 7.19. The number of thiophene rings is 1. The molecule has 1 saturated heterocycles. The van der Waals surface area contributed by atoms with Crippen LogP contribution in [0.4, 0.5) is 5.82 Å². The van der Waals surface area contributed by atoms with Crippen LogP contribution < -0.4 is 10.4 Å². The van der Waals surface area contributed by atoms with E-state index in [0.29, 0.717) is 6.04 Å². The molecule has 140 valence electrons. The zero-order valence-electron chi connectivity index (χ0n) is 15.7. The van der Waals surface area contributed by atoms with Gasteiger partial charge in [-0.25, -0.2) is 15.4 Å². The lowest BCUT2D eigenvalue weighted by atomic mass is 10.0. The summed E-state index contributed by atoms with van der Waals surface area (Å²) in [6.07, 6.45) is 5.11. The van der Waals surface area contributed by atoms with Crippen molar-refractivity contribution in [3.63, 3.8) is 0 Å². The van der Waals surface area contributed by atoms with Crippen LogP contribution in [0.2, 0.25) is 0 Å². The lowest BCUT2D eigenvalue weighted by molar-refractivity contribution is 0.196. The van der Waals surface area contributed by atoms with Crippen LogP contribution in [0.3, 0.4) is 0 Å². The minimum absolute atomic E-state index is 0.494. The third-order valence-corrected chi connectivity index (χ3v) is 7.08. The van der Waals surface area contributed by atoms with E-state index in [0.717, 1.165) is 56.1 Å². The van der Waals surface area contributed by atoms with Crippen LogP contribution >= 0.6 is 11.3 Å². The second-order valence-electron chi connectivity index (χ2n) is 7.43. The van der Waals surface area contributed by atoms with E-state index < -0.39 is 0 Å². The lowest BCUT2D eigenvalue weighted by Crippen LogP contribution is -2.52. The zero-order valence-corrected chi connectivity index (χ0v) is 16.5. The van der Waals surface area contributed by atoms with E-state index in [9.17, 15) is 0 Å². The summed E-state index contributed by atoms with van der Waals surface area (Å²) in [7, 11) is 0. The molecule has 5 rings (SSSR count). The molecular weight excluding hydrogens is 354 g/mol. The number of nitrogens with one attached hydrogen (secondary N) is 1. The molecule has 0 aliphatic carbocycles. The van der Waals surface area contributed by atoms with E-state index in [2.05, 4.69) is 62.6 Å². The molecular formula is C21H25N5S. The van der Waals surface area contributed by atoms with E-state index in [1.165, 1.54) is 21.4 Å². The van der Waals surface area contributed by atoms with Gasteiger partial charge >= 0.3 is 0 Å². The van der Waals surface area contributed by atoms with Crippen LogP contribution in [0.1, 0.15) is 35.8 Å². The predicted molar refractivity (Wildman–Crippen MR) is 111 cm³/mol. The summed E-state index contributed by atoms with van der Waals surface area (Å²) in [5.41, 5.74) is 6.47. The Morgan fingerprint density at radius 3 is 2.74 bits per heavy atom. The van der Waals surface area contributed by atoms with Gasteiger partial charge in [-0.3, -0.25) is 9.91 Å². The summed E-state index contributed by atoms with van der Waals surface area (Å²) in [5, 5.41) is 3.62. The van der Waals surface area contributed by atoms with Gasteiger partial charge in [0.05, 0.1) is 5.39 Å². The number of anilines is 1. The van der Waals surface area contributed by atoms with Gasteiger partial charge in [-0.2, -0.15) is 0 Å². The fraction of sp³-hybridized carbons (Fsp3) is 0.429. The minimum Gasteiger partial charge on any atom is -0.299 e. The average Bonchev–Trinajstić information content (AvgIpc) is 3.09. The summed E-state index contributed by atoms with van der Waals surface area (Å²) in [6.45, 7) is 6.43. The molecule has 5 nitrogen and oxygen atoms in total. The van der Waals surface area contributed by atoms with Gasteiger partial charge < -0.3 is 0 Å². The first-order chi connectivity index (χ1) is 13.3. The lowest BCUT2D eigenvalue weighted by Gasteiger charge is -2.41. The second-order valence-corrected chi connectivity index (χ2v) is 8.52. The molecule has 27 heavy (non-hydrogen) atoms. The number of aromatic nitrogens is 2. The van der Waals surface area contributed by atoms with E-state index in [1.807, 2.05) is 11.3 Å². The molecule has 0 bridgehead atoms. The molecule has 0 radical (unpaired) electrons. The summed E-state index contributed by atoms with van der Waals surface area (Å²) in [5.74, 6) is 1.08. The van der Waals surface area contributed by atoms with Crippen LogP contribution in [0.25, 0.3) is 10.2 Å². The van der Waals surface area contributed by atoms with Crippen LogP contribution in [-0.2, 0) is 19.5 Å². The maximum absolute atomic E-state index is 4.67. The number of hydrogen-bond donors (Lipinski definition) is 1. The Morgan fingerprint density at radius 1 is 1.15 bits per heavy atom. The third-order valence-electron chi connectivity index (χ3n) is 5.80. The molecule has 0 saturated carbocycles. The quantitative estimate of drug-likeness (QED) is 0.748. The molecule has 0 spiro atoms. The molecule has 2 aliphatic heterocycles. The first-order valence-electron chi connectivity index (χ1n) is 9.87. The maximum Gasteiger partial charge on any atom is 0.155 e. The molecule has 3 aromatic rings. The molecule has 0 atom stereocenters. The smallest absolute Gasteiger partial charge is 0.155 e. The Morgan fingerprint density at radius 2 is 1.96 bits per heavy atom. The third kappa shape index (κ3) is 3.12. The van der Waals surface area contributed by atoms with Crippen molar-refractivity contribution in [3.8, 4) is 0 Å². The molecule has 0 amide bonds. The largest absolute Gasteiger partial charge is 0.299 e. The predicted octanol–water partition coefficient (Wildman–Crippen LogP) is 3.74. The Hall–Kier alpha value is -2.02. The summed E-state index contributed by atoms with van der Waals surface area (Å²) >= 11 is 1.83. The number of hydrazine groups is 1. The van der Waals surface area contributed by atoms with Crippen molar-refractivity contribution in [1.82, 2.24) is 20.3 Å². The molecule has 2 aromatic heterocycles. The van der Waals surface area contributed by atoms with Crippen LogP contribution in [0, 0.1) is 0 Å². The fourth-order valence-corrected chi connectivity index (χ4v) is 5.49. The maximum atomic E-state index is 4.67. The van der Waals surface area contributed by atoms with Gasteiger partial charge in [-0.05, 0) is 30.4 Å². The standard InChI is InChI=1S/C21H25N5S/c1-2-18-17-12-24-26(20-19(17)21(27-18)23-14-22-20)16-8-10-25(11-9-16)13-15-6-4-3-5-7-15/h3-7,14,16,24H,2,8-13H2,1H3. The molecule has 1 N–H and O–H groups in total. The Balaban J connectivity index is 1.33. The molecule has 6 heteroatoms. The SMILES string of the molecule is CCc1sc2ncnc3c2c1CNN3C1CCN(Cc2ccccc2)CC1. The van der Waals surface area contributed by atoms with Gasteiger partial charge in [-0.1, -0.05) is 37.3 Å². The van der Waals surface area contributed by atoms with Gasteiger partial charge in [0.1, 0.15) is 11.2 Å². The van der Waals surface area contributed by atoms with Crippen LogP contribution in [0.5, 0.6) is 0 Å². The van der Waals surface area contributed by atoms with Crippen molar-refractivity contribution in [2.75, 3.05) is 18.1 Å². The Bertz CT molecular complexity index is 930. The van der Waals surface area contributed by atoms with Gasteiger partial charge in [0.25, 0.3) is 0 Å². The van der Waals surface area contributed by atoms with E-state index >= 15 is 0 Å². The Kier molecular flexibility index (Phi) is 4.55. The van der Waals surface area contributed by atoms with Gasteiger partial charge in [-0.15, -0.1) is 11.3 Å². The number of piperidine rings is 1. The van der Waals surface area contributed by atoms with Gasteiger partial charge in [0, 0.05) is 37.1 Å². The highest BCUT2D eigenvalue weighted by Gasteiger charge is 2.31. The molecule has 1 fully saturated rings. The monoisotopic (exact) mass is 379 g/mol. The minimum atomic E-state index is 0.494. The van der Waals surface area contributed by atoms with Crippen molar-refractivity contribution in [2.45, 2.75) is 45.3 Å². The fourth-order valence-electron chi connectivity index (χ4n) is 4.39. The van der Waals surface area contributed by atoms with Crippen molar-refractivity contribution in [1.29, 1.82) is 0 Å². The molecule has 1 aromatic carbocycles. The Labute approximate surface area is 164 Å². The number of rotatable bonds is 4. The van der Waals surface area contributed by atoms with Crippen molar-refractivity contribution < 1.29 is 0 Å². The van der Waals surface area contributed by atoms with Crippen molar-refractivity contribution in [2.24, 2.45) is 0 Å². The molecule has 2 aliphatic rings. The van der Waals surface area contributed by atoms with Crippen LogP contribution in [0.15, 0.2) is 36.7 Å². The normalized spacial score (nSPS) is 18.3. The number of aryl methyl sites for hydroxylation is 1. The average molecular weight is 380 g/mol. The summed E-state index contributed by atoms with van der Waals surface area (Å²) in [6, 6.07) is 11.3. The number of benzene rings is 1. The van der Waals surface area contributed by atoms with Crippen molar-refractivity contribution >= 4 is 27.4 Å². The van der Waals surface area contributed by atoms with Gasteiger partial charge in [0.15, 0.2) is 5.82 Å². The number of nitrogens with zero attached hydrogens (tertiary/aromatic N) is 4. The van der Waals surface area contributed by atoms with E-state index in [-0.39, 0.29) is 0 Å². The molecule has 4 heterocycles. The van der Waals surface area contributed by atoms with Gasteiger partial charge in [0.2, 0.25) is 0 Å². The topological polar surface area (TPSA) is 44.3 Å². The number of likely N-dealkylation sites (tertiary alicyclic amines) is 1. The highest BCUT2D eigenvalue weighted by Crippen LogP contribution is 2.39. The first-order valence-corrected chi connectivity index (χ1v) is 10.7.